The zero-order valence-electron chi connectivity index (χ0n) is 11.1. The first kappa shape index (κ1) is 15.3. The minimum Gasteiger partial charge on any atom is -0.504 e. The van der Waals surface area contributed by atoms with E-state index in [9.17, 15) is 14.3 Å². The molecule has 5 heteroatoms. The van der Waals surface area contributed by atoms with Crippen LogP contribution >= 0.6 is 15.9 Å². The lowest BCUT2D eigenvalue weighted by Crippen LogP contribution is -1.94. The number of aromatic hydroxyl groups is 1. The average Bonchev–Trinajstić information content (AvgIpc) is 2.47. The van der Waals surface area contributed by atoms with Crippen molar-refractivity contribution in [3.63, 3.8) is 0 Å². The minimum atomic E-state index is -0.387. The molecule has 0 amide bonds. The number of ether oxygens (including phenoxy) is 1. The predicted molar refractivity (Wildman–Crippen MR) is 82.1 cm³/mol. The van der Waals surface area contributed by atoms with Crippen molar-refractivity contribution in [1.82, 2.24) is 0 Å². The van der Waals surface area contributed by atoms with Crippen LogP contribution in [0.2, 0.25) is 0 Å². The number of benzene rings is 2. The third-order valence-corrected chi connectivity index (χ3v) is 3.53. The van der Waals surface area contributed by atoms with Crippen molar-refractivity contribution in [2.75, 3.05) is 7.11 Å². The summed E-state index contributed by atoms with van der Waals surface area (Å²) in [5.41, 5.74) is 1.08. The van der Waals surface area contributed by atoms with E-state index in [1.54, 1.807) is 12.1 Å². The minimum absolute atomic E-state index is 0.00591. The van der Waals surface area contributed by atoms with Crippen LogP contribution in [0, 0.1) is 5.82 Å². The smallest absolute Gasteiger partial charge is 0.185 e. The van der Waals surface area contributed by atoms with Crippen LogP contribution in [0.15, 0.2) is 46.9 Å². The molecule has 0 atom stereocenters. The van der Waals surface area contributed by atoms with Gasteiger partial charge in [0.05, 0.1) is 7.11 Å². The van der Waals surface area contributed by atoms with Crippen LogP contribution in [-0.4, -0.2) is 18.0 Å². The van der Waals surface area contributed by atoms with Crippen molar-refractivity contribution in [2.24, 2.45) is 0 Å². The maximum absolute atomic E-state index is 12.8. The van der Waals surface area contributed by atoms with Gasteiger partial charge in [-0.15, -0.1) is 0 Å². The van der Waals surface area contributed by atoms with Gasteiger partial charge in [-0.25, -0.2) is 4.39 Å². The van der Waals surface area contributed by atoms with E-state index in [0.717, 1.165) is 0 Å². The largest absolute Gasteiger partial charge is 0.504 e. The van der Waals surface area contributed by atoms with E-state index in [1.165, 1.54) is 43.5 Å². The van der Waals surface area contributed by atoms with Gasteiger partial charge >= 0.3 is 0 Å². The molecule has 0 aliphatic rings. The van der Waals surface area contributed by atoms with E-state index in [-0.39, 0.29) is 17.3 Å². The summed E-state index contributed by atoms with van der Waals surface area (Å²) in [6, 6.07) is 8.42. The highest BCUT2D eigenvalue weighted by atomic mass is 79.9. The van der Waals surface area contributed by atoms with Crippen LogP contribution in [0.1, 0.15) is 15.9 Å². The summed E-state index contributed by atoms with van der Waals surface area (Å²) >= 11 is 3.30. The summed E-state index contributed by atoms with van der Waals surface area (Å²) in [7, 11) is 1.44. The highest BCUT2D eigenvalue weighted by Crippen LogP contribution is 2.33. The Bertz CT molecular complexity index is 693. The van der Waals surface area contributed by atoms with E-state index in [1.807, 2.05) is 0 Å². The van der Waals surface area contributed by atoms with Gasteiger partial charge in [-0.3, -0.25) is 4.79 Å². The Morgan fingerprint density at radius 2 is 1.95 bits per heavy atom. The molecule has 0 unspecified atom stereocenters. The number of hydrogen-bond acceptors (Lipinski definition) is 3. The van der Waals surface area contributed by atoms with Crippen molar-refractivity contribution in [3.05, 3.63) is 63.9 Å². The number of methoxy groups -OCH3 is 1. The van der Waals surface area contributed by atoms with Gasteiger partial charge in [-0.1, -0.05) is 15.9 Å². The van der Waals surface area contributed by atoms with Crippen LogP contribution in [0.3, 0.4) is 0 Å². The summed E-state index contributed by atoms with van der Waals surface area (Å²) < 4.78 is 18.4. The molecule has 2 aromatic rings. The Kier molecular flexibility index (Phi) is 4.75. The monoisotopic (exact) mass is 350 g/mol. The molecule has 0 radical (unpaired) electrons. The zero-order chi connectivity index (χ0) is 15.4. The van der Waals surface area contributed by atoms with Crippen LogP contribution in [0.25, 0.3) is 6.08 Å². The van der Waals surface area contributed by atoms with Crippen molar-refractivity contribution < 1.29 is 19.0 Å². The second kappa shape index (κ2) is 6.54. The Morgan fingerprint density at radius 3 is 2.57 bits per heavy atom. The fraction of sp³-hybridized carbons (Fsp3) is 0.0625. The summed E-state index contributed by atoms with van der Waals surface area (Å²) in [6.45, 7) is 0. The second-order valence-corrected chi connectivity index (χ2v) is 5.10. The molecular weight excluding hydrogens is 339 g/mol. The van der Waals surface area contributed by atoms with E-state index < -0.39 is 0 Å². The number of phenolic OH excluding ortho intramolecular Hbond substituents is 1. The van der Waals surface area contributed by atoms with Crippen LogP contribution in [0.4, 0.5) is 4.39 Å². The van der Waals surface area contributed by atoms with Crippen LogP contribution in [0.5, 0.6) is 11.5 Å². The first-order valence-electron chi connectivity index (χ1n) is 6.05. The Morgan fingerprint density at radius 1 is 1.29 bits per heavy atom. The van der Waals surface area contributed by atoms with E-state index in [0.29, 0.717) is 21.3 Å². The number of hydrogen-bond donors (Lipinski definition) is 1. The van der Waals surface area contributed by atoms with Crippen LogP contribution < -0.4 is 4.74 Å². The molecule has 2 rings (SSSR count). The first-order valence-corrected chi connectivity index (χ1v) is 6.85. The van der Waals surface area contributed by atoms with E-state index >= 15 is 0 Å². The molecule has 0 heterocycles. The van der Waals surface area contributed by atoms with Crippen molar-refractivity contribution in [1.29, 1.82) is 0 Å². The van der Waals surface area contributed by atoms with Gasteiger partial charge in [0, 0.05) is 10.0 Å². The topological polar surface area (TPSA) is 46.5 Å². The lowest BCUT2D eigenvalue weighted by molar-refractivity contribution is 0.104. The van der Waals surface area contributed by atoms with E-state index in [4.69, 9.17) is 4.74 Å². The zero-order valence-corrected chi connectivity index (χ0v) is 12.7. The summed E-state index contributed by atoms with van der Waals surface area (Å²) in [6.07, 6.45) is 2.97. The number of ketones is 1. The van der Waals surface area contributed by atoms with Gasteiger partial charge in [0.15, 0.2) is 17.3 Å². The molecule has 0 aliphatic heterocycles. The lowest BCUT2D eigenvalue weighted by atomic mass is 10.1. The quantitative estimate of drug-likeness (QED) is 0.663. The summed E-state index contributed by atoms with van der Waals surface area (Å²) in [5, 5.41) is 9.62. The normalized spacial score (nSPS) is 10.8. The molecule has 108 valence electrons. The molecule has 0 spiro atoms. The highest BCUT2D eigenvalue weighted by molar-refractivity contribution is 9.10. The molecule has 21 heavy (non-hydrogen) atoms. The molecule has 0 bridgehead atoms. The molecule has 0 saturated heterocycles. The van der Waals surface area contributed by atoms with Gasteiger partial charge in [0.1, 0.15) is 5.82 Å². The summed E-state index contributed by atoms with van der Waals surface area (Å²) in [4.78, 5) is 12.0. The molecule has 0 aliphatic carbocycles. The number of halogens is 2. The molecular formula is C16H12BrFO3. The number of carbonyl (C=O) groups is 1. The van der Waals surface area contributed by atoms with Gasteiger partial charge < -0.3 is 9.84 Å². The number of phenols is 1. The molecule has 2 aromatic carbocycles. The van der Waals surface area contributed by atoms with Crippen LogP contribution in [-0.2, 0) is 0 Å². The van der Waals surface area contributed by atoms with Gasteiger partial charge in [-0.05, 0) is 54.1 Å². The predicted octanol–water partition coefficient (Wildman–Crippen LogP) is 4.20. The third-order valence-electron chi connectivity index (χ3n) is 2.84. The maximum atomic E-state index is 12.8. The lowest BCUT2D eigenvalue weighted by Gasteiger charge is -2.06. The second-order valence-electron chi connectivity index (χ2n) is 4.25. The van der Waals surface area contributed by atoms with Gasteiger partial charge in [0.2, 0.25) is 0 Å². The van der Waals surface area contributed by atoms with Gasteiger partial charge in [-0.2, -0.15) is 0 Å². The van der Waals surface area contributed by atoms with Gasteiger partial charge in [0.25, 0.3) is 0 Å². The van der Waals surface area contributed by atoms with Crippen molar-refractivity contribution >= 4 is 27.8 Å². The number of carbonyl (C=O) groups excluding carboxylic acids is 1. The standard InChI is InChI=1S/C16H12BrFO3/c1-21-16-8-11(13(17)9-15(16)20)4-7-14(19)10-2-5-12(18)6-3-10/h2-9,20H,1H3/b7-4+. The molecule has 0 saturated carbocycles. The van der Waals surface area contributed by atoms with Crippen molar-refractivity contribution in [3.8, 4) is 11.5 Å². The van der Waals surface area contributed by atoms with E-state index in [2.05, 4.69) is 15.9 Å². The molecule has 0 aromatic heterocycles. The Balaban J connectivity index is 2.24. The summed E-state index contributed by atoms with van der Waals surface area (Å²) in [5.74, 6) is -0.311. The fourth-order valence-corrected chi connectivity index (χ4v) is 2.19. The SMILES string of the molecule is COc1cc(/C=C/C(=O)c2ccc(F)cc2)c(Br)cc1O. The first-order chi connectivity index (χ1) is 10.0. The Hall–Kier alpha value is -2.14. The number of rotatable bonds is 4. The number of allylic oxidation sites excluding steroid dienone is 1. The molecule has 1 N–H and O–H groups in total. The third kappa shape index (κ3) is 3.70. The molecule has 3 nitrogen and oxygen atoms in total. The molecule has 0 fully saturated rings. The Labute approximate surface area is 129 Å². The van der Waals surface area contributed by atoms with Crippen molar-refractivity contribution in [2.45, 2.75) is 0 Å². The fourth-order valence-electron chi connectivity index (χ4n) is 1.73. The average molecular weight is 351 g/mol. The highest BCUT2D eigenvalue weighted by Gasteiger charge is 2.07. The maximum Gasteiger partial charge on any atom is 0.185 e.